The summed E-state index contributed by atoms with van der Waals surface area (Å²) in [6, 6.07) is 17.8. The number of rotatable bonds is 6. The van der Waals surface area contributed by atoms with Crippen molar-refractivity contribution < 1.29 is 9.47 Å². The Morgan fingerprint density at radius 2 is 1.58 bits per heavy atom. The van der Waals surface area contributed by atoms with Crippen LogP contribution in [0.1, 0.15) is 12.0 Å². The number of ether oxygens (including phenoxy) is 2. The van der Waals surface area contributed by atoms with E-state index in [2.05, 4.69) is 12.1 Å². The van der Waals surface area contributed by atoms with Crippen molar-refractivity contribution in [2.45, 2.75) is 18.4 Å². The first-order valence-electron chi connectivity index (χ1n) is 6.27. The summed E-state index contributed by atoms with van der Waals surface area (Å²) in [5.74, 6) is 1.38. The molecule has 0 aromatic heterocycles. The first-order chi connectivity index (χ1) is 9.29. The minimum absolute atomic E-state index is 0.364. The molecule has 0 heterocycles. The molecule has 1 atom stereocenters. The van der Waals surface area contributed by atoms with Gasteiger partial charge in [-0.3, -0.25) is 0 Å². The van der Waals surface area contributed by atoms with Crippen LogP contribution in [0.25, 0.3) is 0 Å². The second-order valence-corrected chi connectivity index (χ2v) is 4.69. The molecule has 2 aromatic rings. The minimum atomic E-state index is -0.364. The number of aryl methyl sites for hydroxylation is 1. The molecule has 0 saturated carbocycles. The highest BCUT2D eigenvalue weighted by Crippen LogP contribution is 2.28. The summed E-state index contributed by atoms with van der Waals surface area (Å²) in [5, 5.41) is 0. The zero-order valence-corrected chi connectivity index (χ0v) is 11.6. The van der Waals surface area contributed by atoms with Crippen LogP contribution < -0.4 is 9.47 Å². The highest BCUT2D eigenvalue weighted by atomic mass is 35.5. The van der Waals surface area contributed by atoms with Crippen molar-refractivity contribution in [3.05, 3.63) is 60.2 Å². The molecule has 0 radical (unpaired) electrons. The fourth-order valence-electron chi connectivity index (χ4n) is 1.84. The first kappa shape index (κ1) is 13.8. The van der Waals surface area contributed by atoms with Crippen molar-refractivity contribution in [3.8, 4) is 11.5 Å². The van der Waals surface area contributed by atoms with Crippen molar-refractivity contribution in [2.24, 2.45) is 0 Å². The van der Waals surface area contributed by atoms with E-state index in [0.29, 0.717) is 11.5 Å². The second-order valence-electron chi connectivity index (χ2n) is 4.20. The summed E-state index contributed by atoms with van der Waals surface area (Å²) in [6.07, 6.45) is 1.65. The average molecular weight is 277 g/mol. The maximum atomic E-state index is 6.22. The Morgan fingerprint density at radius 3 is 2.26 bits per heavy atom. The average Bonchev–Trinajstić information content (AvgIpc) is 2.47. The standard InChI is InChI=1S/C16H17ClO2/c1-18-14-9-5-6-10-15(14)19-16(17)12-11-13-7-3-2-4-8-13/h2-10,16H,11-12H2,1H3/t16-/m1/s1. The lowest BCUT2D eigenvalue weighted by atomic mass is 10.1. The summed E-state index contributed by atoms with van der Waals surface area (Å²) in [5.41, 5.74) is 0.897. The van der Waals surface area contributed by atoms with Gasteiger partial charge in [-0.15, -0.1) is 0 Å². The van der Waals surface area contributed by atoms with Gasteiger partial charge in [0.15, 0.2) is 17.1 Å². The van der Waals surface area contributed by atoms with Gasteiger partial charge in [0.1, 0.15) is 0 Å². The van der Waals surface area contributed by atoms with Crippen LogP contribution in [-0.4, -0.2) is 12.7 Å². The van der Waals surface area contributed by atoms with Crippen LogP contribution in [0.5, 0.6) is 11.5 Å². The second kappa shape index (κ2) is 7.05. The van der Waals surface area contributed by atoms with Crippen LogP contribution in [0.3, 0.4) is 0 Å². The molecule has 3 heteroatoms. The van der Waals surface area contributed by atoms with E-state index in [9.17, 15) is 0 Å². The van der Waals surface area contributed by atoms with Gasteiger partial charge in [0.2, 0.25) is 0 Å². The van der Waals surface area contributed by atoms with E-state index in [1.165, 1.54) is 5.56 Å². The maximum Gasteiger partial charge on any atom is 0.172 e. The molecule has 0 aliphatic carbocycles. The molecule has 0 fully saturated rings. The van der Waals surface area contributed by atoms with Gasteiger partial charge >= 0.3 is 0 Å². The fraction of sp³-hybridized carbons (Fsp3) is 0.250. The van der Waals surface area contributed by atoms with E-state index in [0.717, 1.165) is 12.8 Å². The summed E-state index contributed by atoms with van der Waals surface area (Å²) < 4.78 is 10.9. The van der Waals surface area contributed by atoms with Crippen LogP contribution in [0.2, 0.25) is 0 Å². The Hall–Kier alpha value is -1.67. The van der Waals surface area contributed by atoms with Crippen molar-refractivity contribution in [1.82, 2.24) is 0 Å². The van der Waals surface area contributed by atoms with Crippen LogP contribution in [0.4, 0.5) is 0 Å². The number of alkyl halides is 1. The van der Waals surface area contributed by atoms with Gasteiger partial charge in [0, 0.05) is 6.42 Å². The van der Waals surface area contributed by atoms with E-state index in [-0.39, 0.29) is 5.56 Å². The largest absolute Gasteiger partial charge is 0.493 e. The van der Waals surface area contributed by atoms with E-state index in [4.69, 9.17) is 21.1 Å². The highest BCUT2D eigenvalue weighted by Gasteiger charge is 2.10. The third kappa shape index (κ3) is 4.18. The Balaban J connectivity index is 1.89. The van der Waals surface area contributed by atoms with E-state index in [1.54, 1.807) is 7.11 Å². The Kier molecular flexibility index (Phi) is 5.10. The lowest BCUT2D eigenvalue weighted by Crippen LogP contribution is -2.10. The quantitative estimate of drug-likeness (QED) is 0.734. The number of benzene rings is 2. The molecule has 2 nitrogen and oxygen atoms in total. The van der Waals surface area contributed by atoms with Crippen molar-refractivity contribution in [3.63, 3.8) is 0 Å². The molecule has 2 aromatic carbocycles. The van der Waals surface area contributed by atoms with Gasteiger partial charge < -0.3 is 9.47 Å². The van der Waals surface area contributed by atoms with Gasteiger partial charge in [-0.25, -0.2) is 0 Å². The molecular weight excluding hydrogens is 260 g/mol. The van der Waals surface area contributed by atoms with Crippen LogP contribution in [-0.2, 0) is 6.42 Å². The lowest BCUT2D eigenvalue weighted by molar-refractivity contribution is 0.255. The summed E-state index contributed by atoms with van der Waals surface area (Å²) in [7, 11) is 1.62. The normalized spacial score (nSPS) is 11.9. The minimum Gasteiger partial charge on any atom is -0.493 e. The maximum absolute atomic E-state index is 6.22. The van der Waals surface area contributed by atoms with E-state index >= 15 is 0 Å². The van der Waals surface area contributed by atoms with Crippen LogP contribution >= 0.6 is 11.6 Å². The highest BCUT2D eigenvalue weighted by molar-refractivity contribution is 6.19. The molecule has 0 saturated heterocycles. The van der Waals surface area contributed by atoms with Gasteiger partial charge in [-0.1, -0.05) is 54.1 Å². The molecule has 0 aliphatic heterocycles. The molecular formula is C16H17ClO2. The van der Waals surface area contributed by atoms with Crippen LogP contribution in [0.15, 0.2) is 54.6 Å². The first-order valence-corrected chi connectivity index (χ1v) is 6.71. The van der Waals surface area contributed by atoms with E-state index in [1.807, 2.05) is 42.5 Å². The number of methoxy groups -OCH3 is 1. The van der Waals surface area contributed by atoms with Gasteiger partial charge in [-0.05, 0) is 24.1 Å². The Morgan fingerprint density at radius 1 is 0.947 bits per heavy atom. The van der Waals surface area contributed by atoms with Gasteiger partial charge in [0.25, 0.3) is 0 Å². The van der Waals surface area contributed by atoms with Crippen molar-refractivity contribution in [1.29, 1.82) is 0 Å². The molecule has 0 N–H and O–H groups in total. The molecule has 0 bridgehead atoms. The van der Waals surface area contributed by atoms with Gasteiger partial charge in [-0.2, -0.15) is 0 Å². The summed E-state index contributed by atoms with van der Waals surface area (Å²) >= 11 is 6.22. The van der Waals surface area contributed by atoms with Gasteiger partial charge in [0.05, 0.1) is 7.11 Å². The molecule has 19 heavy (non-hydrogen) atoms. The summed E-state index contributed by atoms with van der Waals surface area (Å²) in [6.45, 7) is 0. The number of hydrogen-bond acceptors (Lipinski definition) is 2. The molecule has 0 spiro atoms. The molecule has 0 aliphatic rings. The zero-order valence-electron chi connectivity index (χ0n) is 10.9. The molecule has 2 rings (SSSR count). The Bertz CT molecular complexity index is 499. The van der Waals surface area contributed by atoms with Crippen molar-refractivity contribution >= 4 is 11.6 Å². The predicted octanol–water partition coefficient (Wildman–Crippen LogP) is 4.27. The Labute approximate surface area is 118 Å². The predicted molar refractivity (Wildman–Crippen MR) is 78.0 cm³/mol. The topological polar surface area (TPSA) is 18.5 Å². The smallest absolute Gasteiger partial charge is 0.172 e. The van der Waals surface area contributed by atoms with Crippen LogP contribution in [0, 0.1) is 0 Å². The molecule has 100 valence electrons. The molecule has 0 amide bonds. The summed E-state index contributed by atoms with van der Waals surface area (Å²) in [4.78, 5) is 0. The molecule has 0 unspecified atom stereocenters. The third-order valence-electron chi connectivity index (χ3n) is 2.83. The zero-order chi connectivity index (χ0) is 13.5. The van der Waals surface area contributed by atoms with Crippen molar-refractivity contribution in [2.75, 3.05) is 7.11 Å². The number of halogens is 1. The fourth-order valence-corrected chi connectivity index (χ4v) is 2.04. The number of hydrogen-bond donors (Lipinski definition) is 0. The monoisotopic (exact) mass is 276 g/mol. The lowest BCUT2D eigenvalue weighted by Gasteiger charge is -2.15. The third-order valence-corrected chi connectivity index (χ3v) is 3.13. The SMILES string of the molecule is COc1ccccc1O[C@@H](Cl)CCc1ccccc1. The van der Waals surface area contributed by atoms with E-state index < -0.39 is 0 Å². The number of para-hydroxylation sites is 2.